The van der Waals surface area contributed by atoms with Crippen LogP contribution in [0.4, 0.5) is 5.69 Å². The number of para-hydroxylation sites is 1. The molecule has 0 saturated carbocycles. The molecule has 1 atom stereocenters. The number of aryl methyl sites for hydroxylation is 1. The van der Waals surface area contributed by atoms with Gasteiger partial charge < -0.3 is 5.11 Å². The summed E-state index contributed by atoms with van der Waals surface area (Å²) in [6.45, 7) is 1.91. The van der Waals surface area contributed by atoms with Crippen LogP contribution in [0.1, 0.15) is 11.1 Å². The highest BCUT2D eigenvalue weighted by Gasteiger charge is 2.29. The normalized spacial score (nSPS) is 17.9. The van der Waals surface area contributed by atoms with Crippen LogP contribution in [0.3, 0.4) is 0 Å². The number of fused-ring (bicyclic) bond motifs is 1. The number of sulfonamides is 1. The minimum atomic E-state index is -3.72. The third-order valence-electron chi connectivity index (χ3n) is 3.67. The van der Waals surface area contributed by atoms with Gasteiger partial charge in [-0.25, -0.2) is 8.42 Å². The van der Waals surface area contributed by atoms with Gasteiger partial charge in [-0.05, 0) is 30.7 Å². The van der Waals surface area contributed by atoms with E-state index in [2.05, 4.69) is 0 Å². The van der Waals surface area contributed by atoms with Crippen molar-refractivity contribution in [2.24, 2.45) is 0 Å². The minimum Gasteiger partial charge on any atom is -0.387 e. The zero-order valence-electron chi connectivity index (χ0n) is 12.2. The molecular weight excluding hydrogens is 298 g/mol. The smallest absolute Gasteiger partial charge is 0.264 e. The first-order chi connectivity index (χ1) is 10.5. The van der Waals surface area contributed by atoms with Crippen molar-refractivity contribution in [1.82, 2.24) is 0 Å². The van der Waals surface area contributed by atoms with Crippen LogP contribution >= 0.6 is 0 Å². The van der Waals surface area contributed by atoms with Gasteiger partial charge in [-0.2, -0.15) is 0 Å². The van der Waals surface area contributed by atoms with Gasteiger partial charge in [-0.15, -0.1) is 0 Å². The number of hydrogen-bond donors (Lipinski definition) is 1. The summed E-state index contributed by atoms with van der Waals surface area (Å²) in [7, 11) is -3.72. The van der Waals surface area contributed by atoms with E-state index in [4.69, 9.17) is 0 Å². The number of benzene rings is 2. The van der Waals surface area contributed by atoms with Gasteiger partial charge in [0.15, 0.2) is 0 Å². The lowest BCUT2D eigenvalue weighted by atomic mass is 10.2. The molecule has 1 aliphatic rings. The molecule has 4 nitrogen and oxygen atoms in total. The van der Waals surface area contributed by atoms with Gasteiger partial charge in [0, 0.05) is 0 Å². The molecule has 1 heterocycles. The topological polar surface area (TPSA) is 57.6 Å². The number of aliphatic hydroxyl groups excluding tert-OH is 1. The van der Waals surface area contributed by atoms with Crippen LogP contribution in [0.25, 0.3) is 6.08 Å². The van der Waals surface area contributed by atoms with E-state index in [1.165, 1.54) is 4.31 Å². The van der Waals surface area contributed by atoms with E-state index in [0.29, 0.717) is 5.69 Å². The van der Waals surface area contributed by atoms with Gasteiger partial charge >= 0.3 is 0 Å². The van der Waals surface area contributed by atoms with Crippen LogP contribution < -0.4 is 4.31 Å². The van der Waals surface area contributed by atoms with E-state index >= 15 is 0 Å². The summed E-state index contributed by atoms with van der Waals surface area (Å²) < 4.78 is 27.2. The first-order valence-corrected chi connectivity index (χ1v) is 8.47. The summed E-state index contributed by atoms with van der Waals surface area (Å²) in [6, 6.07) is 14.0. The summed E-state index contributed by atoms with van der Waals surface area (Å²) in [4.78, 5) is 0.224. The van der Waals surface area contributed by atoms with Gasteiger partial charge in [0.1, 0.15) is 0 Å². The minimum absolute atomic E-state index is 0.00369. The van der Waals surface area contributed by atoms with Crippen molar-refractivity contribution in [3.8, 4) is 0 Å². The largest absolute Gasteiger partial charge is 0.387 e. The third-order valence-corrected chi connectivity index (χ3v) is 5.46. The highest BCUT2D eigenvalue weighted by molar-refractivity contribution is 7.92. The molecule has 1 aliphatic heterocycles. The Morgan fingerprint density at radius 3 is 2.50 bits per heavy atom. The Morgan fingerprint density at radius 2 is 1.77 bits per heavy atom. The van der Waals surface area contributed by atoms with E-state index in [1.807, 2.05) is 19.1 Å². The summed E-state index contributed by atoms with van der Waals surface area (Å²) in [5, 5.41) is 9.99. The second-order valence-electron chi connectivity index (χ2n) is 5.33. The van der Waals surface area contributed by atoms with Crippen molar-refractivity contribution in [1.29, 1.82) is 0 Å². The van der Waals surface area contributed by atoms with Gasteiger partial charge in [0.25, 0.3) is 10.0 Å². The van der Waals surface area contributed by atoms with E-state index in [1.54, 1.807) is 48.6 Å². The fourth-order valence-corrected chi connectivity index (χ4v) is 3.97. The number of nitrogens with zero attached hydrogens (tertiary/aromatic N) is 1. The molecule has 0 aromatic heterocycles. The lowest BCUT2D eigenvalue weighted by molar-refractivity contribution is 0.233. The zero-order valence-corrected chi connectivity index (χ0v) is 13.0. The van der Waals surface area contributed by atoms with Crippen molar-refractivity contribution in [3.05, 3.63) is 65.7 Å². The maximum Gasteiger partial charge on any atom is 0.264 e. The van der Waals surface area contributed by atoms with Crippen molar-refractivity contribution < 1.29 is 13.5 Å². The molecule has 0 spiro atoms. The summed E-state index contributed by atoms with van der Waals surface area (Å²) in [5.41, 5.74) is 2.35. The second kappa shape index (κ2) is 5.59. The predicted octanol–water partition coefficient (Wildman–Crippen LogP) is 2.58. The molecule has 2 aromatic rings. The monoisotopic (exact) mass is 315 g/mol. The maximum atomic E-state index is 12.9. The second-order valence-corrected chi connectivity index (χ2v) is 7.20. The highest BCUT2D eigenvalue weighted by Crippen LogP contribution is 2.30. The number of anilines is 1. The van der Waals surface area contributed by atoms with E-state index < -0.39 is 16.1 Å². The molecule has 2 aromatic carbocycles. The molecule has 1 N–H and O–H groups in total. The molecule has 0 aliphatic carbocycles. The summed E-state index contributed by atoms with van der Waals surface area (Å²) in [5.74, 6) is 0. The van der Waals surface area contributed by atoms with Crippen LogP contribution in [0.15, 0.2) is 59.5 Å². The van der Waals surface area contributed by atoms with Crippen LogP contribution in [0, 0.1) is 6.92 Å². The third kappa shape index (κ3) is 2.65. The van der Waals surface area contributed by atoms with Gasteiger partial charge in [0.05, 0.1) is 23.2 Å². The van der Waals surface area contributed by atoms with Crippen LogP contribution in [-0.2, 0) is 10.0 Å². The maximum absolute atomic E-state index is 12.9. The highest BCUT2D eigenvalue weighted by atomic mass is 32.2. The van der Waals surface area contributed by atoms with Crippen molar-refractivity contribution in [3.63, 3.8) is 0 Å². The number of rotatable bonds is 2. The van der Waals surface area contributed by atoms with Gasteiger partial charge in [0.2, 0.25) is 0 Å². The van der Waals surface area contributed by atoms with Crippen molar-refractivity contribution >= 4 is 21.8 Å². The molecule has 5 heteroatoms. The van der Waals surface area contributed by atoms with Gasteiger partial charge in [-0.1, -0.05) is 48.0 Å². The van der Waals surface area contributed by atoms with E-state index in [-0.39, 0.29) is 11.4 Å². The van der Waals surface area contributed by atoms with Crippen molar-refractivity contribution in [2.45, 2.75) is 17.9 Å². The van der Waals surface area contributed by atoms with Gasteiger partial charge in [-0.3, -0.25) is 4.31 Å². The van der Waals surface area contributed by atoms with Crippen LogP contribution in [0.2, 0.25) is 0 Å². The first kappa shape index (κ1) is 14.8. The Balaban J connectivity index is 2.12. The molecule has 0 saturated heterocycles. The van der Waals surface area contributed by atoms with Crippen molar-refractivity contribution in [2.75, 3.05) is 10.8 Å². The Morgan fingerprint density at radius 1 is 1.09 bits per heavy atom. The standard InChI is InChI=1S/C17H17NO3S/c1-13-6-10-16(11-7-13)22(20,21)18-12-15(19)9-8-14-4-2-3-5-17(14)18/h2-11,15,19H,12H2,1H3/t15-/m1/s1. The average molecular weight is 315 g/mol. The lowest BCUT2D eigenvalue weighted by Crippen LogP contribution is -2.36. The summed E-state index contributed by atoms with van der Waals surface area (Å²) in [6.07, 6.45) is 2.53. The SMILES string of the molecule is Cc1ccc(S(=O)(=O)N2C[C@H](O)C=Cc3ccccc32)cc1. The molecular formula is C17H17NO3S. The van der Waals surface area contributed by atoms with Crippen LogP contribution in [0.5, 0.6) is 0 Å². The Bertz CT molecular complexity index is 810. The number of β-amino-alcohol motifs (C(OH)–C–C–N with tert-alkyl or cyclic N) is 1. The molecule has 114 valence electrons. The van der Waals surface area contributed by atoms with E-state index in [9.17, 15) is 13.5 Å². The molecule has 22 heavy (non-hydrogen) atoms. The zero-order chi connectivity index (χ0) is 15.7. The van der Waals surface area contributed by atoms with Crippen LogP contribution in [-0.4, -0.2) is 26.2 Å². The molecule has 0 amide bonds. The lowest BCUT2D eigenvalue weighted by Gasteiger charge is -2.25. The fraction of sp³-hybridized carbons (Fsp3) is 0.176. The Hall–Kier alpha value is -2.11. The predicted molar refractivity (Wildman–Crippen MR) is 87.2 cm³/mol. The molecule has 0 radical (unpaired) electrons. The number of hydrogen-bond acceptors (Lipinski definition) is 3. The molecule has 3 rings (SSSR count). The quantitative estimate of drug-likeness (QED) is 0.926. The molecule has 0 fully saturated rings. The Labute approximate surface area is 130 Å². The van der Waals surface area contributed by atoms with E-state index in [0.717, 1.165) is 11.1 Å². The molecule has 0 bridgehead atoms. The fourth-order valence-electron chi connectivity index (χ4n) is 2.46. The number of aliphatic hydroxyl groups is 1. The Kier molecular flexibility index (Phi) is 3.76. The average Bonchev–Trinajstić information content (AvgIpc) is 2.68. The first-order valence-electron chi connectivity index (χ1n) is 7.03. The summed E-state index contributed by atoms with van der Waals surface area (Å²) >= 11 is 0. The molecule has 0 unspecified atom stereocenters.